The molecule has 0 fully saturated rings. The molecule has 0 aliphatic heterocycles. The second kappa shape index (κ2) is 12.1. The Bertz CT molecular complexity index is 1880. The Morgan fingerprint density at radius 1 is 0.909 bits per heavy atom. The lowest BCUT2D eigenvalue weighted by Gasteiger charge is -2.28. The molecule has 0 radical (unpaired) electrons. The molecule has 232 valence electrons. The van der Waals surface area contributed by atoms with Gasteiger partial charge < -0.3 is 24.9 Å². The second-order valence-corrected chi connectivity index (χ2v) is 13.4. The van der Waals surface area contributed by atoms with E-state index in [1.54, 1.807) is 24.3 Å². The molecule has 1 atom stereocenters. The monoisotopic (exact) mass is 626 g/mol. The zero-order valence-electron chi connectivity index (χ0n) is 24.4. The number of hydrogen-bond acceptors (Lipinski definition) is 6. The number of H-pyrrole nitrogens is 1. The van der Waals surface area contributed by atoms with Crippen LogP contribution in [0.4, 0.5) is 13.2 Å². The van der Waals surface area contributed by atoms with E-state index in [9.17, 15) is 26.7 Å². The summed E-state index contributed by atoms with van der Waals surface area (Å²) in [6, 6.07) is 23.4. The number of aliphatic hydroxyl groups is 1. The highest BCUT2D eigenvalue weighted by Crippen LogP contribution is 2.38. The van der Waals surface area contributed by atoms with E-state index in [1.165, 1.54) is 6.07 Å². The molecule has 5 rings (SSSR count). The highest BCUT2D eigenvalue weighted by molar-refractivity contribution is 7.90. The lowest BCUT2D eigenvalue weighted by molar-refractivity contribution is -0.140. The largest absolute Gasteiger partial charge is 0.490 e. The molecule has 0 aliphatic rings. The number of nitrogens with one attached hydrogen (secondary N) is 2. The van der Waals surface area contributed by atoms with Crippen LogP contribution in [0.1, 0.15) is 25.0 Å². The Kier molecular flexibility index (Phi) is 8.66. The van der Waals surface area contributed by atoms with Crippen LogP contribution in [0.25, 0.3) is 21.8 Å². The van der Waals surface area contributed by atoms with E-state index in [1.807, 2.05) is 56.3 Å². The lowest BCUT2D eigenvalue weighted by Crippen LogP contribution is -2.46. The molecule has 3 N–H and O–H groups in total. The minimum atomic E-state index is -4.86. The average Bonchev–Trinajstić information content (AvgIpc) is 3.34. The molecular formula is C33H33F3N2O5S. The first-order valence-electron chi connectivity index (χ1n) is 13.9. The number of β-amino-alcohol motifs (C(OH)–C–C–N with tert-alkyl or cyclic N) is 1. The molecular weight excluding hydrogens is 593 g/mol. The first-order chi connectivity index (χ1) is 20.7. The predicted molar refractivity (Wildman–Crippen MR) is 164 cm³/mol. The third kappa shape index (κ3) is 7.35. The van der Waals surface area contributed by atoms with Crippen LogP contribution in [0, 0.1) is 0 Å². The number of halogens is 3. The van der Waals surface area contributed by atoms with Crippen molar-refractivity contribution in [1.82, 2.24) is 10.3 Å². The third-order valence-corrected chi connectivity index (χ3v) is 8.36. The van der Waals surface area contributed by atoms with Crippen LogP contribution >= 0.6 is 0 Å². The molecule has 1 heterocycles. The van der Waals surface area contributed by atoms with Crippen LogP contribution in [0.15, 0.2) is 89.8 Å². The van der Waals surface area contributed by atoms with Crippen LogP contribution in [-0.4, -0.2) is 49.6 Å². The predicted octanol–water partition coefficient (Wildman–Crippen LogP) is 6.89. The topological polar surface area (TPSA) is 101 Å². The maximum absolute atomic E-state index is 13.5. The Labute approximate surface area is 253 Å². The van der Waals surface area contributed by atoms with Crippen molar-refractivity contribution >= 4 is 31.6 Å². The zero-order valence-corrected chi connectivity index (χ0v) is 25.2. The fraction of sp³-hybridized carbons (Fsp3) is 0.273. The number of benzene rings is 4. The molecule has 0 aliphatic carbocycles. The van der Waals surface area contributed by atoms with Crippen LogP contribution in [0.2, 0.25) is 0 Å². The number of ether oxygens (including phenoxy) is 2. The van der Waals surface area contributed by atoms with Gasteiger partial charge in [0, 0.05) is 34.6 Å². The van der Waals surface area contributed by atoms with Gasteiger partial charge in [-0.3, -0.25) is 0 Å². The number of alkyl halides is 3. The second-order valence-electron chi connectivity index (χ2n) is 11.4. The fourth-order valence-electron chi connectivity index (χ4n) is 5.13. The molecule has 4 aromatic carbocycles. The average molecular weight is 627 g/mol. The van der Waals surface area contributed by atoms with E-state index < -0.39 is 38.1 Å². The first-order valence-corrected chi connectivity index (χ1v) is 15.8. The Balaban J connectivity index is 1.16. The molecule has 0 amide bonds. The molecule has 11 heteroatoms. The summed E-state index contributed by atoms with van der Waals surface area (Å²) < 4.78 is 75.7. The van der Waals surface area contributed by atoms with E-state index in [-0.39, 0.29) is 12.4 Å². The summed E-state index contributed by atoms with van der Waals surface area (Å²) in [6.45, 7) is 4.40. The standard InChI is InChI=1S/C33H33F3N2O5S/c1-32(2,37-19-22(39)20-42-29-10-6-9-28-31(29)25-7-4-5-8-27(25)38-28)18-21-11-13-23(14-12-21)43-24-15-16-30(44(3,40)41)26(17-24)33(34,35)36/h4-17,22,37-39H,18-20H2,1-3H3. The van der Waals surface area contributed by atoms with Gasteiger partial charge in [0.2, 0.25) is 0 Å². The van der Waals surface area contributed by atoms with Gasteiger partial charge in [-0.2, -0.15) is 13.2 Å². The number of aromatic nitrogens is 1. The Morgan fingerprint density at radius 3 is 2.30 bits per heavy atom. The van der Waals surface area contributed by atoms with Crippen LogP contribution < -0.4 is 14.8 Å². The van der Waals surface area contributed by atoms with Crippen molar-refractivity contribution in [2.75, 3.05) is 19.4 Å². The van der Waals surface area contributed by atoms with Crippen LogP contribution in [-0.2, 0) is 22.4 Å². The van der Waals surface area contributed by atoms with Crippen molar-refractivity contribution in [1.29, 1.82) is 0 Å². The van der Waals surface area contributed by atoms with Crippen molar-refractivity contribution in [3.05, 3.63) is 96.1 Å². The van der Waals surface area contributed by atoms with Gasteiger partial charge in [0.1, 0.15) is 30.0 Å². The zero-order chi connectivity index (χ0) is 31.7. The Hall–Kier alpha value is -4.06. The summed E-state index contributed by atoms with van der Waals surface area (Å²) in [6.07, 6.45) is -4.29. The molecule has 44 heavy (non-hydrogen) atoms. The van der Waals surface area contributed by atoms with E-state index in [0.717, 1.165) is 39.7 Å². The number of hydrogen-bond donors (Lipinski definition) is 3. The van der Waals surface area contributed by atoms with Crippen molar-refractivity contribution < 1.29 is 36.2 Å². The van der Waals surface area contributed by atoms with Gasteiger partial charge in [-0.05, 0) is 74.4 Å². The summed E-state index contributed by atoms with van der Waals surface area (Å²) in [5.41, 5.74) is 1.24. The number of fused-ring (bicyclic) bond motifs is 3. The summed E-state index contributed by atoms with van der Waals surface area (Å²) >= 11 is 0. The van der Waals surface area contributed by atoms with Gasteiger partial charge in [-0.1, -0.05) is 36.4 Å². The van der Waals surface area contributed by atoms with Crippen LogP contribution in [0.3, 0.4) is 0 Å². The van der Waals surface area contributed by atoms with Gasteiger partial charge in [0.05, 0.1) is 16.0 Å². The quantitative estimate of drug-likeness (QED) is 0.148. The summed E-state index contributed by atoms with van der Waals surface area (Å²) in [5, 5.41) is 16.1. The maximum atomic E-state index is 13.5. The summed E-state index contributed by atoms with van der Waals surface area (Å²) in [7, 11) is -4.07. The van der Waals surface area contributed by atoms with Crippen molar-refractivity contribution in [2.24, 2.45) is 0 Å². The lowest BCUT2D eigenvalue weighted by atomic mass is 9.94. The minimum Gasteiger partial charge on any atom is -0.490 e. The smallest absolute Gasteiger partial charge is 0.417 e. The van der Waals surface area contributed by atoms with Crippen molar-refractivity contribution in [2.45, 2.75) is 43.0 Å². The number of sulfone groups is 1. The van der Waals surface area contributed by atoms with E-state index in [0.29, 0.717) is 30.5 Å². The highest BCUT2D eigenvalue weighted by atomic mass is 32.2. The van der Waals surface area contributed by atoms with E-state index in [4.69, 9.17) is 9.47 Å². The first kappa shape index (κ1) is 31.4. The third-order valence-electron chi connectivity index (χ3n) is 7.20. The number of aromatic amines is 1. The van der Waals surface area contributed by atoms with Crippen molar-refractivity contribution in [3.8, 4) is 17.2 Å². The molecule has 1 unspecified atom stereocenters. The molecule has 5 aromatic rings. The van der Waals surface area contributed by atoms with Crippen LogP contribution in [0.5, 0.6) is 17.2 Å². The molecule has 7 nitrogen and oxygen atoms in total. The number of aliphatic hydroxyl groups excluding tert-OH is 1. The maximum Gasteiger partial charge on any atom is 0.417 e. The van der Waals surface area contributed by atoms with Gasteiger partial charge >= 0.3 is 6.18 Å². The highest BCUT2D eigenvalue weighted by Gasteiger charge is 2.36. The van der Waals surface area contributed by atoms with Gasteiger partial charge in [-0.15, -0.1) is 0 Å². The summed E-state index contributed by atoms with van der Waals surface area (Å²) in [4.78, 5) is 2.58. The molecule has 0 saturated carbocycles. The minimum absolute atomic E-state index is 0.106. The van der Waals surface area contributed by atoms with E-state index in [2.05, 4.69) is 10.3 Å². The van der Waals surface area contributed by atoms with Crippen molar-refractivity contribution in [3.63, 3.8) is 0 Å². The van der Waals surface area contributed by atoms with E-state index >= 15 is 0 Å². The summed E-state index contributed by atoms with van der Waals surface area (Å²) in [5.74, 6) is 0.871. The fourth-order valence-corrected chi connectivity index (χ4v) is 6.02. The van der Waals surface area contributed by atoms with Gasteiger partial charge in [-0.25, -0.2) is 8.42 Å². The molecule has 1 aromatic heterocycles. The Morgan fingerprint density at radius 2 is 1.59 bits per heavy atom. The molecule has 0 spiro atoms. The number of rotatable bonds is 11. The molecule has 0 bridgehead atoms. The SMILES string of the molecule is CC(C)(Cc1ccc(Oc2ccc(S(C)(=O)=O)c(C(F)(F)F)c2)cc1)NCC(O)COc1cccc2[nH]c3ccccc3c12. The van der Waals surface area contributed by atoms with Gasteiger partial charge in [0.25, 0.3) is 0 Å². The molecule has 0 saturated heterocycles. The normalized spacial score (nSPS) is 13.3. The van der Waals surface area contributed by atoms with Gasteiger partial charge in [0.15, 0.2) is 9.84 Å². The number of para-hydroxylation sites is 1.